The van der Waals surface area contributed by atoms with Crippen LogP contribution in [0.5, 0.6) is 0 Å². The van der Waals surface area contributed by atoms with E-state index in [0.717, 1.165) is 56.1 Å². The Hall–Kier alpha value is -3.22. The topological polar surface area (TPSA) is 100 Å². The third-order valence-corrected chi connectivity index (χ3v) is 7.58. The lowest BCUT2D eigenvalue weighted by Gasteiger charge is -2.19. The highest BCUT2D eigenvalue weighted by Crippen LogP contribution is 2.15. The van der Waals surface area contributed by atoms with Gasteiger partial charge >= 0.3 is 0 Å². The zero-order chi connectivity index (χ0) is 30.1. The van der Waals surface area contributed by atoms with Crippen molar-refractivity contribution in [1.82, 2.24) is 20.9 Å². The Bertz CT molecular complexity index is 984. The minimum atomic E-state index is -0.647. The van der Waals surface area contributed by atoms with Gasteiger partial charge in [0, 0.05) is 38.3 Å². The van der Waals surface area contributed by atoms with Crippen LogP contribution in [0.15, 0.2) is 54.9 Å². The molecule has 7 nitrogen and oxygen atoms in total. The van der Waals surface area contributed by atoms with Gasteiger partial charge in [-0.25, -0.2) is 0 Å². The highest BCUT2D eigenvalue weighted by atomic mass is 16.2. The molecule has 0 fully saturated rings. The van der Waals surface area contributed by atoms with Gasteiger partial charge in [-0.15, -0.1) is 0 Å². The smallest absolute Gasteiger partial charge is 0.247 e. The van der Waals surface area contributed by atoms with Gasteiger partial charge in [-0.2, -0.15) is 0 Å². The summed E-state index contributed by atoms with van der Waals surface area (Å²) in [5, 5.41) is 8.98. The molecular formula is C35H54N4O3. The van der Waals surface area contributed by atoms with Crippen molar-refractivity contribution in [1.29, 1.82) is 0 Å². The van der Waals surface area contributed by atoms with E-state index in [4.69, 9.17) is 0 Å². The molecule has 42 heavy (non-hydrogen) atoms. The van der Waals surface area contributed by atoms with Crippen molar-refractivity contribution >= 4 is 17.7 Å². The van der Waals surface area contributed by atoms with Gasteiger partial charge in [0.2, 0.25) is 17.7 Å². The molecule has 3 amide bonds. The summed E-state index contributed by atoms with van der Waals surface area (Å²) in [4.78, 5) is 41.5. The molecule has 0 spiro atoms. The fourth-order valence-electron chi connectivity index (χ4n) is 5.00. The van der Waals surface area contributed by atoms with Gasteiger partial charge in [-0.1, -0.05) is 114 Å². The molecule has 7 heteroatoms. The van der Waals surface area contributed by atoms with Gasteiger partial charge in [0.25, 0.3) is 0 Å². The largest absolute Gasteiger partial charge is 0.354 e. The second-order valence-electron chi connectivity index (χ2n) is 11.3. The van der Waals surface area contributed by atoms with Crippen molar-refractivity contribution in [2.45, 2.75) is 129 Å². The first-order valence-electron chi connectivity index (χ1n) is 16.4. The predicted octanol–water partition coefficient (Wildman–Crippen LogP) is 7.32. The number of amides is 3. The van der Waals surface area contributed by atoms with Crippen LogP contribution in [0.2, 0.25) is 0 Å². The fraction of sp³-hybridized carbons (Fsp3) is 0.600. The van der Waals surface area contributed by atoms with E-state index >= 15 is 0 Å². The Morgan fingerprint density at radius 1 is 0.643 bits per heavy atom. The standard InChI is InChI=1S/C35H54N4O3/c1-2-3-4-5-11-18-23-33(41)39-34(31-20-15-14-16-21-31)35(42)37-26-19-13-10-8-6-7-9-12-17-22-32(40)38-29-30-24-27-36-28-25-30/h14-16,20-21,24-25,27-28,34H,2-13,17-19,22-23,26,29H2,1H3,(H,37,42)(H,38,40)(H,39,41). The monoisotopic (exact) mass is 578 g/mol. The molecule has 1 unspecified atom stereocenters. The minimum Gasteiger partial charge on any atom is -0.354 e. The maximum Gasteiger partial charge on any atom is 0.247 e. The van der Waals surface area contributed by atoms with Crippen LogP contribution >= 0.6 is 0 Å². The first-order chi connectivity index (χ1) is 20.6. The third-order valence-electron chi connectivity index (χ3n) is 7.58. The summed E-state index contributed by atoms with van der Waals surface area (Å²) in [6.07, 6.45) is 21.3. The van der Waals surface area contributed by atoms with E-state index in [1.807, 2.05) is 42.5 Å². The number of aromatic nitrogens is 1. The summed E-state index contributed by atoms with van der Waals surface area (Å²) in [6, 6.07) is 12.7. The summed E-state index contributed by atoms with van der Waals surface area (Å²) in [6.45, 7) is 3.39. The van der Waals surface area contributed by atoms with Gasteiger partial charge in [0.1, 0.15) is 6.04 Å². The highest BCUT2D eigenvalue weighted by Gasteiger charge is 2.22. The van der Waals surface area contributed by atoms with Crippen LogP contribution in [0.1, 0.15) is 133 Å². The maximum atomic E-state index is 13.0. The summed E-state index contributed by atoms with van der Waals surface area (Å²) >= 11 is 0. The van der Waals surface area contributed by atoms with E-state index in [1.54, 1.807) is 12.4 Å². The van der Waals surface area contributed by atoms with Gasteiger partial charge in [0.15, 0.2) is 0 Å². The predicted molar refractivity (Wildman–Crippen MR) is 171 cm³/mol. The number of rotatable bonds is 24. The molecule has 0 aliphatic rings. The van der Waals surface area contributed by atoms with Crippen molar-refractivity contribution in [3.63, 3.8) is 0 Å². The van der Waals surface area contributed by atoms with Crippen LogP contribution < -0.4 is 16.0 Å². The first kappa shape index (κ1) is 35.0. The van der Waals surface area contributed by atoms with Crippen LogP contribution in [0.3, 0.4) is 0 Å². The summed E-state index contributed by atoms with van der Waals surface area (Å²) < 4.78 is 0. The zero-order valence-corrected chi connectivity index (χ0v) is 25.9. The Morgan fingerprint density at radius 2 is 1.19 bits per heavy atom. The number of nitrogens with zero attached hydrogens (tertiary/aromatic N) is 1. The van der Waals surface area contributed by atoms with E-state index in [1.165, 1.54) is 51.4 Å². The molecule has 1 heterocycles. The van der Waals surface area contributed by atoms with Crippen LogP contribution in [0.4, 0.5) is 0 Å². The molecule has 1 aromatic heterocycles. The molecule has 0 radical (unpaired) electrons. The molecule has 0 bridgehead atoms. The van der Waals surface area contributed by atoms with Gasteiger partial charge in [-0.3, -0.25) is 19.4 Å². The molecule has 2 rings (SSSR count). The van der Waals surface area contributed by atoms with Gasteiger partial charge in [-0.05, 0) is 42.5 Å². The van der Waals surface area contributed by atoms with E-state index in [-0.39, 0.29) is 17.7 Å². The van der Waals surface area contributed by atoms with Crippen molar-refractivity contribution in [3.05, 3.63) is 66.0 Å². The minimum absolute atomic E-state index is 0.0567. The van der Waals surface area contributed by atoms with E-state index in [2.05, 4.69) is 27.9 Å². The number of nitrogens with one attached hydrogen (secondary N) is 3. The van der Waals surface area contributed by atoms with Crippen molar-refractivity contribution in [2.75, 3.05) is 6.54 Å². The molecule has 0 aliphatic carbocycles. The number of carbonyl (C=O) groups is 3. The van der Waals surface area contributed by atoms with Gasteiger partial charge < -0.3 is 16.0 Å². The Labute approximate surface area is 254 Å². The van der Waals surface area contributed by atoms with Crippen LogP contribution in [0.25, 0.3) is 0 Å². The molecule has 0 saturated carbocycles. The molecule has 232 valence electrons. The lowest BCUT2D eigenvalue weighted by atomic mass is 10.0. The molecule has 3 N–H and O–H groups in total. The van der Waals surface area contributed by atoms with Crippen LogP contribution in [0, 0.1) is 0 Å². The molecular weight excluding hydrogens is 524 g/mol. The van der Waals surface area contributed by atoms with E-state index < -0.39 is 6.04 Å². The van der Waals surface area contributed by atoms with Crippen molar-refractivity contribution in [3.8, 4) is 0 Å². The third kappa shape index (κ3) is 16.9. The highest BCUT2D eigenvalue weighted by molar-refractivity contribution is 5.88. The quantitative estimate of drug-likeness (QED) is 0.114. The van der Waals surface area contributed by atoms with Gasteiger partial charge in [0.05, 0.1) is 0 Å². The average Bonchev–Trinajstić information content (AvgIpc) is 3.01. The lowest BCUT2D eigenvalue weighted by molar-refractivity contribution is -0.129. The maximum absolute atomic E-state index is 13.0. The Balaban J connectivity index is 1.50. The summed E-state index contributed by atoms with van der Waals surface area (Å²) in [5.74, 6) is -0.0770. The Morgan fingerprint density at radius 3 is 1.81 bits per heavy atom. The number of pyridine rings is 1. The normalized spacial score (nSPS) is 11.5. The van der Waals surface area contributed by atoms with Crippen LogP contribution in [-0.2, 0) is 20.9 Å². The number of carbonyl (C=O) groups excluding carboxylic acids is 3. The zero-order valence-electron chi connectivity index (χ0n) is 25.9. The van der Waals surface area contributed by atoms with Crippen molar-refractivity contribution < 1.29 is 14.4 Å². The molecule has 1 aromatic carbocycles. The molecule has 0 aliphatic heterocycles. The van der Waals surface area contributed by atoms with E-state index in [0.29, 0.717) is 25.9 Å². The van der Waals surface area contributed by atoms with Crippen molar-refractivity contribution in [2.24, 2.45) is 0 Å². The van der Waals surface area contributed by atoms with Crippen LogP contribution in [-0.4, -0.2) is 29.3 Å². The summed E-state index contributed by atoms with van der Waals surface area (Å²) in [7, 11) is 0. The lowest BCUT2D eigenvalue weighted by Crippen LogP contribution is -2.40. The summed E-state index contributed by atoms with van der Waals surface area (Å²) in [5.41, 5.74) is 1.89. The number of hydrogen-bond acceptors (Lipinski definition) is 4. The number of unbranched alkanes of at least 4 members (excludes halogenated alkanes) is 13. The molecule has 0 saturated heterocycles. The second-order valence-corrected chi connectivity index (χ2v) is 11.3. The number of hydrogen-bond donors (Lipinski definition) is 3. The molecule has 2 aromatic rings. The molecule has 1 atom stereocenters. The first-order valence-corrected chi connectivity index (χ1v) is 16.4. The average molecular weight is 579 g/mol. The number of benzene rings is 1. The Kier molecular flexibility index (Phi) is 19.4. The fourth-order valence-corrected chi connectivity index (χ4v) is 5.00. The SMILES string of the molecule is CCCCCCCCC(=O)NC(C(=O)NCCCCCCCCCCCC(=O)NCc1ccncc1)c1ccccc1. The van der Waals surface area contributed by atoms with E-state index in [9.17, 15) is 14.4 Å². The second kappa shape index (κ2) is 23.4.